The van der Waals surface area contributed by atoms with Gasteiger partial charge in [-0.05, 0) is 38.7 Å². The van der Waals surface area contributed by atoms with E-state index in [2.05, 4.69) is 13.8 Å². The van der Waals surface area contributed by atoms with Gasteiger partial charge in [-0.2, -0.15) is 0 Å². The fourth-order valence-corrected chi connectivity index (χ4v) is 6.06. The first-order chi connectivity index (χ1) is 19.7. The van der Waals surface area contributed by atoms with Crippen LogP contribution in [0.2, 0.25) is 0 Å². The number of esters is 1. The highest BCUT2D eigenvalue weighted by Gasteiger charge is 2.43. The quantitative estimate of drug-likeness (QED) is 0.349. The van der Waals surface area contributed by atoms with Crippen LogP contribution in [0.25, 0.3) is 0 Å². The fraction of sp³-hybridized carbons (Fsp3) is 0.735. The molecule has 0 radical (unpaired) electrons. The van der Waals surface area contributed by atoms with Gasteiger partial charge in [0.05, 0.1) is 37.6 Å². The average Bonchev–Trinajstić information content (AvgIpc) is 2.95. The predicted octanol–water partition coefficient (Wildman–Crippen LogP) is 5.13. The van der Waals surface area contributed by atoms with Crippen molar-refractivity contribution in [3.05, 3.63) is 47.3 Å². The Labute approximate surface area is 253 Å². The summed E-state index contributed by atoms with van der Waals surface area (Å²) >= 11 is 0. The molecule has 0 aromatic carbocycles. The highest BCUT2D eigenvalue weighted by molar-refractivity contribution is 5.87. The number of aliphatic hydroxyl groups excluding tert-OH is 3. The molecule has 8 heteroatoms. The number of methoxy groups -OCH3 is 2. The van der Waals surface area contributed by atoms with Crippen molar-refractivity contribution in [2.24, 2.45) is 29.6 Å². The van der Waals surface area contributed by atoms with Gasteiger partial charge in [0.1, 0.15) is 12.2 Å². The van der Waals surface area contributed by atoms with E-state index < -0.39 is 42.4 Å². The maximum absolute atomic E-state index is 13.4. The summed E-state index contributed by atoms with van der Waals surface area (Å²) in [7, 11) is 2.95. The number of hydrogen-bond donors (Lipinski definition) is 3. The molecular weight excluding hydrogens is 536 g/mol. The maximum atomic E-state index is 13.4. The van der Waals surface area contributed by atoms with Crippen LogP contribution < -0.4 is 0 Å². The van der Waals surface area contributed by atoms with Crippen molar-refractivity contribution < 1.29 is 39.1 Å². The predicted molar refractivity (Wildman–Crippen MR) is 164 cm³/mol. The van der Waals surface area contributed by atoms with Gasteiger partial charge in [0.2, 0.25) is 5.76 Å². The minimum absolute atomic E-state index is 0.000381. The monoisotopic (exact) mass is 592 g/mol. The van der Waals surface area contributed by atoms with Crippen molar-refractivity contribution in [2.75, 3.05) is 14.2 Å². The van der Waals surface area contributed by atoms with Gasteiger partial charge >= 0.3 is 5.97 Å². The minimum atomic E-state index is -0.922. The molecule has 11 atom stereocenters. The van der Waals surface area contributed by atoms with Crippen LogP contribution in [0.15, 0.2) is 47.3 Å². The zero-order valence-corrected chi connectivity index (χ0v) is 27.3. The summed E-state index contributed by atoms with van der Waals surface area (Å²) in [5, 5.41) is 33.1. The third-order valence-corrected chi connectivity index (χ3v) is 9.04. The second kappa shape index (κ2) is 16.8. The lowest BCUT2D eigenvalue weighted by Gasteiger charge is -2.44. The molecule has 3 N–H and O–H groups in total. The van der Waals surface area contributed by atoms with Gasteiger partial charge in [0.25, 0.3) is 0 Å². The molecular formula is C34H56O8. The van der Waals surface area contributed by atoms with Gasteiger partial charge in [-0.15, -0.1) is 0 Å². The Bertz CT molecular complexity index is 982. The van der Waals surface area contributed by atoms with E-state index in [1.165, 1.54) is 7.11 Å². The summed E-state index contributed by atoms with van der Waals surface area (Å²) in [6.45, 7) is 15.7. The van der Waals surface area contributed by atoms with Gasteiger partial charge < -0.3 is 34.3 Å². The zero-order valence-electron chi connectivity index (χ0n) is 27.3. The number of allylic oxidation sites excluding steroid dienone is 5. The number of carbonyl (C=O) groups excluding carboxylic acids is 1. The van der Waals surface area contributed by atoms with Crippen LogP contribution in [0, 0.1) is 29.6 Å². The summed E-state index contributed by atoms with van der Waals surface area (Å²) in [6.07, 6.45) is 6.95. The zero-order chi connectivity index (χ0) is 31.7. The van der Waals surface area contributed by atoms with Crippen LogP contribution in [0.4, 0.5) is 0 Å². The lowest BCUT2D eigenvalue weighted by Crippen LogP contribution is -2.51. The van der Waals surface area contributed by atoms with E-state index in [1.807, 2.05) is 65.8 Å². The van der Waals surface area contributed by atoms with E-state index >= 15 is 0 Å². The molecule has 2 aliphatic rings. The molecule has 42 heavy (non-hydrogen) atoms. The molecule has 0 aromatic heterocycles. The van der Waals surface area contributed by atoms with Crippen LogP contribution in [0.3, 0.4) is 0 Å². The highest BCUT2D eigenvalue weighted by Crippen LogP contribution is 2.36. The van der Waals surface area contributed by atoms with Crippen molar-refractivity contribution >= 4 is 5.97 Å². The molecule has 0 bridgehead atoms. The first kappa shape index (κ1) is 36.2. The topological polar surface area (TPSA) is 115 Å². The molecule has 0 saturated carbocycles. The van der Waals surface area contributed by atoms with Crippen molar-refractivity contribution in [2.45, 2.75) is 117 Å². The van der Waals surface area contributed by atoms with E-state index in [4.69, 9.17) is 18.9 Å². The van der Waals surface area contributed by atoms with Crippen LogP contribution in [-0.4, -0.2) is 78.2 Å². The smallest absolute Gasteiger partial charge is 0.373 e. The molecule has 0 aliphatic carbocycles. The van der Waals surface area contributed by atoms with E-state index in [0.29, 0.717) is 12.8 Å². The molecule has 0 aromatic rings. The number of hydrogen-bond acceptors (Lipinski definition) is 8. The van der Waals surface area contributed by atoms with Crippen LogP contribution in [-0.2, 0) is 23.7 Å². The van der Waals surface area contributed by atoms with E-state index in [1.54, 1.807) is 13.2 Å². The van der Waals surface area contributed by atoms with Crippen LogP contribution >= 0.6 is 0 Å². The Balaban J connectivity index is 2.44. The maximum Gasteiger partial charge on any atom is 0.373 e. The fourth-order valence-electron chi connectivity index (χ4n) is 6.06. The standard InChI is InChI=1S/C34H56O8/c1-19(2)32-23(6)27(36)18-29(41-32)24(7)31(37)25(8)33-28(39-9)13-11-12-20(3)14-15-26(35)22(5)16-21(4)17-30(40-10)34(38)42-33/h11-13,16-17,19,22-29,31-33,35-37H,14-15,18H2,1-10H3/b13-11+,20-12+,21-16+,30-17-/t22-,23+,24-,25+,26+,27-,28+,29-,31+,32-,33-/m1/s1. The van der Waals surface area contributed by atoms with Gasteiger partial charge in [-0.3, -0.25) is 0 Å². The van der Waals surface area contributed by atoms with Crippen molar-refractivity contribution in [1.29, 1.82) is 0 Å². The Morgan fingerprint density at radius 2 is 1.67 bits per heavy atom. The summed E-state index contributed by atoms with van der Waals surface area (Å²) in [6, 6.07) is 0. The first-order valence-corrected chi connectivity index (χ1v) is 15.4. The molecule has 240 valence electrons. The SMILES string of the molecule is CO/C1=C\C(C)=C\[C@@H](C)[C@@H](O)CC/C(C)=C/C=C/[C@H](OC)[C@@H]([C@@H](C)[C@@H](O)[C@H](C)[C@H]2C[C@@H](O)[C@H](C)[C@@H](C(C)C)O2)OC1=O. The Kier molecular flexibility index (Phi) is 14.5. The number of ether oxygens (including phenoxy) is 4. The molecule has 1 fully saturated rings. The van der Waals surface area contributed by atoms with Crippen molar-refractivity contribution in [3.63, 3.8) is 0 Å². The Morgan fingerprint density at radius 3 is 2.26 bits per heavy atom. The van der Waals surface area contributed by atoms with Gasteiger partial charge in [-0.25, -0.2) is 4.79 Å². The summed E-state index contributed by atoms with van der Waals surface area (Å²) < 4.78 is 23.7. The first-order valence-electron chi connectivity index (χ1n) is 15.4. The number of rotatable bonds is 7. The molecule has 0 unspecified atom stereocenters. The molecule has 0 amide bonds. The highest BCUT2D eigenvalue weighted by atomic mass is 16.6. The Hall–Kier alpha value is -1.97. The van der Waals surface area contributed by atoms with Gasteiger partial charge in [0, 0.05) is 37.2 Å². The van der Waals surface area contributed by atoms with Crippen LogP contribution in [0.5, 0.6) is 0 Å². The van der Waals surface area contributed by atoms with Crippen molar-refractivity contribution in [1.82, 2.24) is 0 Å². The van der Waals surface area contributed by atoms with Crippen molar-refractivity contribution in [3.8, 4) is 0 Å². The van der Waals surface area contributed by atoms with Gasteiger partial charge in [0.15, 0.2) is 0 Å². The summed E-state index contributed by atoms with van der Waals surface area (Å²) in [4.78, 5) is 13.4. The lowest BCUT2D eigenvalue weighted by molar-refractivity contribution is -0.184. The van der Waals surface area contributed by atoms with Crippen LogP contribution in [0.1, 0.15) is 74.7 Å². The lowest BCUT2D eigenvalue weighted by atomic mass is 9.78. The number of carbonyl (C=O) groups is 1. The molecule has 2 heterocycles. The second-order valence-corrected chi connectivity index (χ2v) is 12.8. The van der Waals surface area contributed by atoms with Gasteiger partial charge in [-0.1, -0.05) is 77.0 Å². The summed E-state index contributed by atoms with van der Waals surface area (Å²) in [5.41, 5.74) is 1.86. The molecule has 0 spiro atoms. The molecule has 2 aliphatic heterocycles. The third kappa shape index (κ3) is 9.78. The second-order valence-electron chi connectivity index (χ2n) is 12.8. The third-order valence-electron chi connectivity index (χ3n) is 9.04. The van der Waals surface area contributed by atoms with E-state index in [-0.39, 0.29) is 41.6 Å². The number of cyclic esters (lactones) is 1. The summed E-state index contributed by atoms with van der Waals surface area (Å²) in [5.74, 6) is -1.46. The largest absolute Gasteiger partial charge is 0.490 e. The molecule has 1 saturated heterocycles. The Morgan fingerprint density at radius 1 is 1.00 bits per heavy atom. The average molecular weight is 593 g/mol. The number of aliphatic hydroxyl groups is 3. The molecule has 8 nitrogen and oxygen atoms in total. The van der Waals surface area contributed by atoms with E-state index in [0.717, 1.165) is 17.6 Å². The minimum Gasteiger partial charge on any atom is -0.490 e. The normalized spacial score (nSPS) is 39.0. The molecule has 2 rings (SSSR count). The van der Waals surface area contributed by atoms with E-state index in [9.17, 15) is 20.1 Å².